The van der Waals surface area contributed by atoms with E-state index in [4.69, 9.17) is 9.47 Å². The number of benzene rings is 3. The first-order valence-electron chi connectivity index (χ1n) is 8.12. The van der Waals surface area contributed by atoms with Crippen LogP contribution < -0.4 is 0 Å². The highest BCUT2D eigenvalue weighted by atomic mass is 16.5. The van der Waals surface area contributed by atoms with Crippen LogP contribution >= 0.6 is 0 Å². The number of esters is 2. The molecular formula is C22H18O4. The van der Waals surface area contributed by atoms with Gasteiger partial charge in [-0.15, -0.1) is 0 Å². The predicted octanol–water partition coefficient (Wildman–Crippen LogP) is 4.59. The molecule has 4 heteroatoms. The van der Waals surface area contributed by atoms with E-state index in [0.29, 0.717) is 11.1 Å². The van der Waals surface area contributed by atoms with E-state index in [0.717, 1.165) is 22.3 Å². The van der Waals surface area contributed by atoms with Gasteiger partial charge < -0.3 is 9.47 Å². The molecule has 4 nitrogen and oxygen atoms in total. The average Bonchev–Trinajstić information content (AvgIpc) is 2.72. The van der Waals surface area contributed by atoms with Crippen LogP contribution in [-0.2, 0) is 9.47 Å². The molecule has 0 aliphatic rings. The third kappa shape index (κ3) is 3.22. The third-order valence-electron chi connectivity index (χ3n) is 4.17. The lowest BCUT2D eigenvalue weighted by molar-refractivity contribution is 0.0592. The minimum Gasteiger partial charge on any atom is -0.465 e. The molecule has 0 unspecified atom stereocenters. The number of rotatable bonds is 4. The van der Waals surface area contributed by atoms with Gasteiger partial charge in [-0.2, -0.15) is 0 Å². The van der Waals surface area contributed by atoms with Crippen molar-refractivity contribution in [2.45, 2.75) is 0 Å². The molecule has 0 aromatic heterocycles. The van der Waals surface area contributed by atoms with Gasteiger partial charge in [-0.05, 0) is 34.4 Å². The Morgan fingerprint density at radius 2 is 0.846 bits per heavy atom. The molecule has 0 heterocycles. The van der Waals surface area contributed by atoms with E-state index in [1.54, 1.807) is 24.3 Å². The first kappa shape index (κ1) is 17.4. The summed E-state index contributed by atoms with van der Waals surface area (Å²) in [5.41, 5.74) is 4.11. The minimum absolute atomic E-state index is 0.406. The molecular weight excluding hydrogens is 328 g/mol. The van der Waals surface area contributed by atoms with Crippen LogP contribution in [0.4, 0.5) is 0 Å². The summed E-state index contributed by atoms with van der Waals surface area (Å²) >= 11 is 0. The van der Waals surface area contributed by atoms with Gasteiger partial charge in [0.15, 0.2) is 0 Å². The van der Waals surface area contributed by atoms with Crippen LogP contribution in [0.15, 0.2) is 72.8 Å². The fraction of sp³-hybridized carbons (Fsp3) is 0.0909. The van der Waals surface area contributed by atoms with E-state index in [1.165, 1.54) is 14.2 Å². The van der Waals surface area contributed by atoms with Crippen LogP contribution in [0.2, 0.25) is 0 Å². The van der Waals surface area contributed by atoms with E-state index in [2.05, 4.69) is 0 Å². The Morgan fingerprint density at radius 3 is 1.19 bits per heavy atom. The maximum Gasteiger partial charge on any atom is 0.338 e. The summed E-state index contributed by atoms with van der Waals surface area (Å²) in [5, 5.41) is 0. The van der Waals surface area contributed by atoms with Crippen molar-refractivity contribution in [1.29, 1.82) is 0 Å². The van der Waals surface area contributed by atoms with Gasteiger partial charge in [-0.3, -0.25) is 0 Å². The van der Waals surface area contributed by atoms with Crippen LogP contribution in [0.5, 0.6) is 0 Å². The van der Waals surface area contributed by atoms with Crippen LogP contribution in [0, 0.1) is 0 Å². The fourth-order valence-electron chi connectivity index (χ4n) is 2.96. The summed E-state index contributed by atoms with van der Waals surface area (Å²) in [4.78, 5) is 24.4. The molecule has 0 aliphatic carbocycles. The predicted molar refractivity (Wildman–Crippen MR) is 100.0 cm³/mol. The van der Waals surface area contributed by atoms with Crippen molar-refractivity contribution < 1.29 is 19.1 Å². The zero-order valence-electron chi connectivity index (χ0n) is 14.6. The maximum absolute atomic E-state index is 12.2. The molecule has 0 fully saturated rings. The molecule has 0 aliphatic heterocycles. The highest BCUT2D eigenvalue weighted by Gasteiger charge is 2.19. The van der Waals surface area contributed by atoms with Crippen LogP contribution in [0.3, 0.4) is 0 Å². The van der Waals surface area contributed by atoms with Gasteiger partial charge in [0.1, 0.15) is 0 Å². The van der Waals surface area contributed by atoms with Gasteiger partial charge in [0.2, 0.25) is 0 Å². The van der Waals surface area contributed by atoms with Gasteiger partial charge in [0, 0.05) is 0 Å². The summed E-state index contributed by atoms with van der Waals surface area (Å²) in [6.07, 6.45) is 0. The second-order valence-electron chi connectivity index (χ2n) is 5.62. The third-order valence-corrected chi connectivity index (χ3v) is 4.17. The molecule has 0 amide bonds. The van der Waals surface area contributed by atoms with Crippen molar-refractivity contribution in [3.8, 4) is 22.3 Å². The summed E-state index contributed by atoms with van der Waals surface area (Å²) < 4.78 is 9.82. The molecule has 130 valence electrons. The summed E-state index contributed by atoms with van der Waals surface area (Å²) in [5.74, 6) is -0.812. The zero-order valence-corrected chi connectivity index (χ0v) is 14.6. The largest absolute Gasteiger partial charge is 0.465 e. The highest BCUT2D eigenvalue weighted by Crippen LogP contribution is 2.36. The normalized spacial score (nSPS) is 10.2. The summed E-state index contributed by atoms with van der Waals surface area (Å²) in [6, 6.07) is 22.1. The number of hydrogen-bond acceptors (Lipinski definition) is 4. The first-order chi connectivity index (χ1) is 12.7. The van der Waals surface area contributed by atoms with Crippen molar-refractivity contribution >= 4 is 11.9 Å². The van der Waals surface area contributed by atoms with Crippen molar-refractivity contribution in [3.63, 3.8) is 0 Å². The number of carbonyl (C=O) groups excluding carboxylic acids is 2. The molecule has 0 bridgehead atoms. The van der Waals surface area contributed by atoms with Crippen molar-refractivity contribution in [1.82, 2.24) is 0 Å². The Kier molecular flexibility index (Phi) is 5.13. The number of hydrogen-bond donors (Lipinski definition) is 0. The van der Waals surface area contributed by atoms with E-state index in [-0.39, 0.29) is 0 Å². The molecule has 3 aromatic rings. The Hall–Kier alpha value is -3.40. The standard InChI is InChI=1S/C22H18O4/c1-25-21(23)19-13-7-5-11-17(19)15-9-3-4-10-16(15)18-12-6-8-14-20(18)22(24)26-2/h3-14H,1-2H3. The van der Waals surface area contributed by atoms with E-state index >= 15 is 0 Å². The molecule has 26 heavy (non-hydrogen) atoms. The molecule has 0 spiro atoms. The van der Waals surface area contributed by atoms with E-state index in [1.807, 2.05) is 48.5 Å². The van der Waals surface area contributed by atoms with Crippen LogP contribution in [0.1, 0.15) is 20.7 Å². The zero-order chi connectivity index (χ0) is 18.5. The van der Waals surface area contributed by atoms with Crippen molar-refractivity contribution in [3.05, 3.63) is 83.9 Å². The van der Waals surface area contributed by atoms with Gasteiger partial charge in [-0.25, -0.2) is 9.59 Å². The minimum atomic E-state index is -0.406. The van der Waals surface area contributed by atoms with E-state index in [9.17, 15) is 9.59 Å². The molecule has 0 saturated heterocycles. The van der Waals surface area contributed by atoms with Crippen LogP contribution in [0.25, 0.3) is 22.3 Å². The Morgan fingerprint density at radius 1 is 0.538 bits per heavy atom. The fourth-order valence-corrected chi connectivity index (χ4v) is 2.96. The topological polar surface area (TPSA) is 52.6 Å². The average molecular weight is 346 g/mol. The Balaban J connectivity index is 2.25. The van der Waals surface area contributed by atoms with Gasteiger partial charge in [0.25, 0.3) is 0 Å². The second kappa shape index (κ2) is 7.66. The van der Waals surface area contributed by atoms with E-state index < -0.39 is 11.9 Å². The smallest absolute Gasteiger partial charge is 0.338 e. The maximum atomic E-state index is 12.2. The molecule has 0 atom stereocenters. The van der Waals surface area contributed by atoms with Gasteiger partial charge >= 0.3 is 11.9 Å². The second-order valence-corrected chi connectivity index (χ2v) is 5.62. The molecule has 3 rings (SSSR count). The summed E-state index contributed by atoms with van der Waals surface area (Å²) in [7, 11) is 2.72. The lowest BCUT2D eigenvalue weighted by Gasteiger charge is -2.15. The van der Waals surface area contributed by atoms with Crippen molar-refractivity contribution in [2.24, 2.45) is 0 Å². The Labute approximate surface area is 152 Å². The number of methoxy groups -OCH3 is 2. The highest BCUT2D eigenvalue weighted by molar-refractivity contribution is 6.03. The van der Waals surface area contributed by atoms with Crippen molar-refractivity contribution in [2.75, 3.05) is 14.2 Å². The molecule has 3 aromatic carbocycles. The number of carbonyl (C=O) groups is 2. The monoisotopic (exact) mass is 346 g/mol. The summed E-state index contributed by atoms with van der Waals surface area (Å²) in [6.45, 7) is 0. The Bertz CT molecular complexity index is 881. The molecule has 0 saturated carbocycles. The van der Waals surface area contributed by atoms with Crippen LogP contribution in [-0.4, -0.2) is 26.2 Å². The van der Waals surface area contributed by atoms with Gasteiger partial charge in [-0.1, -0.05) is 60.7 Å². The molecule has 0 N–H and O–H groups in total. The SMILES string of the molecule is COC(=O)c1ccccc1-c1ccccc1-c1ccccc1C(=O)OC. The quantitative estimate of drug-likeness (QED) is 0.648. The lowest BCUT2D eigenvalue weighted by atomic mass is 9.90. The lowest BCUT2D eigenvalue weighted by Crippen LogP contribution is -2.05. The number of ether oxygens (including phenoxy) is 2. The molecule has 0 radical (unpaired) electrons. The van der Waals surface area contributed by atoms with Gasteiger partial charge in [0.05, 0.1) is 25.3 Å². The first-order valence-corrected chi connectivity index (χ1v) is 8.12.